The average Bonchev–Trinajstić information content (AvgIpc) is 2.89. The minimum Gasteiger partial charge on any atom is -0.298 e. The summed E-state index contributed by atoms with van der Waals surface area (Å²) in [6, 6.07) is 0. The molecule has 2 N–H and O–H groups in total. The van der Waals surface area contributed by atoms with Gasteiger partial charge in [0.25, 0.3) is 0 Å². The number of unbranched alkanes of at least 4 members (excludes halogenated alkanes) is 4. The van der Waals surface area contributed by atoms with Gasteiger partial charge in [0, 0.05) is 30.5 Å². The van der Waals surface area contributed by atoms with E-state index < -0.39 is 33.3 Å². The molecule has 40 heavy (non-hydrogen) atoms. The highest BCUT2D eigenvalue weighted by Gasteiger charge is 2.65. The van der Waals surface area contributed by atoms with E-state index in [1.807, 2.05) is 27.7 Å². The van der Waals surface area contributed by atoms with Crippen LogP contribution in [0.1, 0.15) is 105 Å². The molecule has 0 saturated carbocycles. The molecule has 2 heterocycles. The lowest BCUT2D eigenvalue weighted by Crippen LogP contribution is -2.51. The number of nitrogens with one attached hydrogen (secondary N) is 2. The van der Waals surface area contributed by atoms with Crippen LogP contribution in [0.2, 0.25) is 0 Å². The molecule has 0 aliphatic carbocycles. The molecule has 6 atom stereocenters. The van der Waals surface area contributed by atoms with Crippen molar-refractivity contribution in [1.82, 2.24) is 20.0 Å². The molecule has 16 heteroatoms. The Labute approximate surface area is 246 Å². The van der Waals surface area contributed by atoms with Crippen LogP contribution in [0.15, 0.2) is 0 Å². The highest BCUT2D eigenvalue weighted by molar-refractivity contribution is 7.74. The predicted molar refractivity (Wildman–Crippen MR) is 167 cm³/mol. The van der Waals surface area contributed by atoms with E-state index in [9.17, 15) is 23.3 Å². The van der Waals surface area contributed by atoms with Crippen molar-refractivity contribution in [2.75, 3.05) is 26.2 Å². The molecule has 0 aromatic rings. The second-order valence-corrected chi connectivity index (χ2v) is 19.9. The maximum absolute atomic E-state index is 14.7. The van der Waals surface area contributed by atoms with Gasteiger partial charge in [0.15, 0.2) is 0 Å². The van der Waals surface area contributed by atoms with Gasteiger partial charge in [0.05, 0.1) is 0 Å². The lowest BCUT2D eigenvalue weighted by molar-refractivity contribution is -0.129. The van der Waals surface area contributed by atoms with Crippen LogP contribution >= 0.6 is 41.8 Å². The lowest BCUT2D eigenvalue weighted by atomic mass is 10.2. The summed E-state index contributed by atoms with van der Waals surface area (Å²) in [6.45, 7) is 9.37. The van der Waals surface area contributed by atoms with Crippen molar-refractivity contribution >= 4 is 53.6 Å². The Balaban J connectivity index is 2.47. The third-order valence-corrected chi connectivity index (χ3v) is 18.1. The molecule has 0 radical (unpaired) electrons. The fraction of sp³-hybridized carbons (Fsp3) is 0.917. The third-order valence-electron chi connectivity index (χ3n) is 7.38. The normalized spacial score (nSPS) is 31.6. The van der Waals surface area contributed by atoms with Gasteiger partial charge in [-0.05, 0) is 60.2 Å². The monoisotopic (exact) mass is 661 g/mol. The molecule has 2 aliphatic rings. The van der Waals surface area contributed by atoms with E-state index in [1.54, 1.807) is 0 Å². The van der Waals surface area contributed by atoms with Crippen molar-refractivity contribution in [3.63, 3.8) is 0 Å². The van der Waals surface area contributed by atoms with Gasteiger partial charge in [-0.3, -0.25) is 38.7 Å². The van der Waals surface area contributed by atoms with Gasteiger partial charge in [-0.2, -0.15) is 0 Å². The van der Waals surface area contributed by atoms with Gasteiger partial charge in [-0.25, -0.2) is 0 Å². The van der Waals surface area contributed by atoms with Gasteiger partial charge in [0.1, 0.15) is 10.0 Å². The molecule has 2 amide bonds. The summed E-state index contributed by atoms with van der Waals surface area (Å²) in [4.78, 5) is 26.0. The smallest absolute Gasteiger partial charge is 0.298 e. The Morgan fingerprint density at radius 1 is 0.750 bits per heavy atom. The van der Waals surface area contributed by atoms with E-state index in [2.05, 4.69) is 29.1 Å². The molecule has 2 aliphatic heterocycles. The zero-order valence-electron chi connectivity index (χ0n) is 24.6. The van der Waals surface area contributed by atoms with Crippen LogP contribution in [0, 0.1) is 0 Å². The van der Waals surface area contributed by atoms with Crippen molar-refractivity contribution in [2.24, 2.45) is 0 Å². The van der Waals surface area contributed by atoms with E-state index in [0.717, 1.165) is 38.5 Å². The fourth-order valence-electron chi connectivity index (χ4n) is 4.76. The van der Waals surface area contributed by atoms with Crippen molar-refractivity contribution in [3.8, 4) is 0 Å². The fourth-order valence-corrected chi connectivity index (χ4v) is 14.6. The molecular formula is C24H50N4O7P5+. The summed E-state index contributed by atoms with van der Waals surface area (Å²) in [5.74, 6) is -0.692. The highest BCUT2D eigenvalue weighted by atomic mass is 31.3. The van der Waals surface area contributed by atoms with Crippen LogP contribution in [-0.4, -0.2) is 57.4 Å². The number of nitrogens with zero attached hydrogens (tertiary/aromatic N) is 2. The summed E-state index contributed by atoms with van der Waals surface area (Å²) >= 11 is 0. The average molecular weight is 662 g/mol. The standard InChI is InChI=1S/C24H50N4O7P5/c1-5-9-17-25-23(36)15-13-21(29)27(19-11-7-3)39(23,32)34-38(31)35-40(33)24(37,26-18-10-6-2)16-14-22(30)28(40)20-12-8-4/h25-26H,5-20,36-37H2,1-4H3/q+1. The van der Waals surface area contributed by atoms with Gasteiger partial charge >= 0.3 is 23.3 Å². The molecule has 0 aromatic heterocycles. The van der Waals surface area contributed by atoms with Crippen LogP contribution in [0.25, 0.3) is 0 Å². The van der Waals surface area contributed by atoms with Crippen LogP contribution in [0.5, 0.6) is 0 Å². The van der Waals surface area contributed by atoms with Gasteiger partial charge in [-0.1, -0.05) is 53.4 Å². The first-order valence-electron chi connectivity index (χ1n) is 14.6. The molecule has 6 unspecified atom stereocenters. The first-order chi connectivity index (χ1) is 18.9. The molecule has 2 rings (SSSR count). The Hall–Kier alpha value is 0.200. The highest BCUT2D eigenvalue weighted by Crippen LogP contribution is 2.76. The lowest BCUT2D eigenvalue weighted by Gasteiger charge is -2.45. The topological polar surface area (TPSA) is 134 Å². The quantitative estimate of drug-likeness (QED) is 0.121. The first-order valence-corrected chi connectivity index (χ1v) is 20.0. The first kappa shape index (κ1) is 36.4. The van der Waals surface area contributed by atoms with E-state index in [4.69, 9.17) is 8.62 Å². The maximum atomic E-state index is 14.7. The summed E-state index contributed by atoms with van der Waals surface area (Å²) < 4.78 is 57.1. The number of rotatable bonds is 18. The Kier molecular flexibility index (Phi) is 14.8. The molecular weight excluding hydrogens is 611 g/mol. The molecule has 232 valence electrons. The summed E-state index contributed by atoms with van der Waals surface area (Å²) in [5, 5.41) is 4.07. The van der Waals surface area contributed by atoms with Crippen molar-refractivity contribution in [3.05, 3.63) is 0 Å². The second-order valence-electron chi connectivity index (χ2n) is 10.6. The molecule has 0 aromatic carbocycles. The second kappa shape index (κ2) is 16.3. The SMILES string of the molecule is CCCCNC1(P)CCC(=O)N(CCCC)P1(=O)O[P+](=O)OP1(=O)N(CCCC)C(=O)CCC1(P)NCCCC. The van der Waals surface area contributed by atoms with Crippen LogP contribution in [0.3, 0.4) is 0 Å². The zero-order chi connectivity index (χ0) is 30.0. The molecule has 2 fully saturated rings. The summed E-state index contributed by atoms with van der Waals surface area (Å²) in [7, 11) is -6.53. The predicted octanol–water partition coefficient (Wildman–Crippen LogP) is 6.75. The van der Waals surface area contributed by atoms with E-state index in [0.29, 0.717) is 25.9 Å². The van der Waals surface area contributed by atoms with Crippen molar-refractivity contribution in [2.45, 2.75) is 115 Å². The van der Waals surface area contributed by atoms with Gasteiger partial charge in [-0.15, -0.1) is 18.5 Å². The minimum absolute atomic E-state index is 0.158. The Morgan fingerprint density at radius 3 is 1.43 bits per heavy atom. The van der Waals surface area contributed by atoms with Crippen LogP contribution in [-0.2, 0) is 31.9 Å². The summed E-state index contributed by atoms with van der Waals surface area (Å²) in [5.41, 5.74) is 0. The van der Waals surface area contributed by atoms with Crippen LogP contribution in [0.4, 0.5) is 0 Å². The van der Waals surface area contributed by atoms with Gasteiger partial charge in [0.2, 0.25) is 11.8 Å². The number of hydrogen-bond acceptors (Lipinski definition) is 9. The molecule has 0 bridgehead atoms. The van der Waals surface area contributed by atoms with E-state index in [1.165, 1.54) is 9.34 Å². The van der Waals surface area contributed by atoms with Gasteiger partial charge < -0.3 is 0 Å². The molecule has 11 nitrogen and oxygen atoms in total. The number of amides is 2. The molecule has 0 spiro atoms. The molecule has 2 saturated heterocycles. The number of hydrogen-bond donors (Lipinski definition) is 2. The summed E-state index contributed by atoms with van der Waals surface area (Å²) in [6.07, 6.45) is 6.82. The Morgan fingerprint density at radius 2 is 1.10 bits per heavy atom. The number of carbonyl (C=O) groups excluding carboxylic acids is 2. The Bertz CT molecular complexity index is 915. The maximum Gasteiger partial charge on any atom is 0.714 e. The van der Waals surface area contributed by atoms with Crippen molar-refractivity contribution < 1.29 is 31.9 Å². The van der Waals surface area contributed by atoms with Crippen LogP contribution < -0.4 is 10.6 Å². The van der Waals surface area contributed by atoms with Crippen molar-refractivity contribution in [1.29, 1.82) is 0 Å². The number of carbonyl (C=O) groups is 2. The minimum atomic E-state index is -4.17. The largest absolute Gasteiger partial charge is 0.714 e. The third kappa shape index (κ3) is 8.22. The van der Waals surface area contributed by atoms with E-state index in [-0.39, 0.29) is 50.6 Å². The zero-order valence-corrected chi connectivity index (χ0v) is 29.6. The van der Waals surface area contributed by atoms with E-state index >= 15 is 0 Å².